The van der Waals surface area contributed by atoms with E-state index in [0.29, 0.717) is 0 Å². The molecular formula is C21H19N5. The number of hydrogen-bond acceptors (Lipinski definition) is 3. The molecule has 4 rings (SSSR count). The molecule has 0 saturated heterocycles. The fourth-order valence-electron chi connectivity index (χ4n) is 2.99. The Morgan fingerprint density at radius 3 is 2.85 bits per heavy atom. The van der Waals surface area contributed by atoms with Gasteiger partial charge in [-0.25, -0.2) is 0 Å². The van der Waals surface area contributed by atoms with E-state index in [9.17, 15) is 0 Å². The summed E-state index contributed by atoms with van der Waals surface area (Å²) in [5.41, 5.74) is 6.82. The average molecular weight is 341 g/mol. The lowest BCUT2D eigenvalue weighted by atomic mass is 10.1. The van der Waals surface area contributed by atoms with Gasteiger partial charge in [-0.1, -0.05) is 30.4 Å². The minimum Gasteiger partial charge on any atom is -0.353 e. The number of rotatable bonds is 4. The van der Waals surface area contributed by atoms with Crippen molar-refractivity contribution in [2.45, 2.75) is 13.8 Å². The highest BCUT2D eigenvalue weighted by Gasteiger charge is 2.13. The largest absolute Gasteiger partial charge is 0.353 e. The van der Waals surface area contributed by atoms with Crippen LogP contribution in [-0.4, -0.2) is 25.1 Å². The summed E-state index contributed by atoms with van der Waals surface area (Å²) in [5, 5.41) is 9.65. The van der Waals surface area contributed by atoms with Crippen LogP contribution in [0.5, 0.6) is 0 Å². The molecule has 0 fully saturated rings. The second-order valence-electron chi connectivity index (χ2n) is 6.17. The van der Waals surface area contributed by atoms with E-state index in [1.807, 2.05) is 38.4 Å². The zero-order valence-corrected chi connectivity index (χ0v) is 14.7. The SMILES string of the molecule is C=C/C(C)=C\C(=C/C)c1cc2c(-c3cc4cnccc4[nH]3)n[nH]c2cn1. The molecule has 26 heavy (non-hydrogen) atoms. The lowest BCUT2D eigenvalue weighted by Crippen LogP contribution is -1.88. The van der Waals surface area contributed by atoms with Crippen LogP contribution in [0.1, 0.15) is 19.5 Å². The van der Waals surface area contributed by atoms with Crippen molar-refractivity contribution in [2.75, 3.05) is 0 Å². The lowest BCUT2D eigenvalue weighted by molar-refractivity contribution is 1.11. The quantitative estimate of drug-likeness (QED) is 0.511. The topological polar surface area (TPSA) is 70.2 Å². The maximum absolute atomic E-state index is 4.58. The van der Waals surface area contributed by atoms with Gasteiger partial charge in [0.1, 0.15) is 5.69 Å². The molecule has 0 bridgehead atoms. The third-order valence-corrected chi connectivity index (χ3v) is 4.44. The summed E-state index contributed by atoms with van der Waals surface area (Å²) in [6.45, 7) is 7.85. The first-order valence-corrected chi connectivity index (χ1v) is 8.44. The molecule has 0 atom stereocenters. The molecule has 0 spiro atoms. The molecule has 2 N–H and O–H groups in total. The second kappa shape index (κ2) is 6.44. The predicted molar refractivity (Wildman–Crippen MR) is 107 cm³/mol. The number of fused-ring (bicyclic) bond motifs is 2. The van der Waals surface area contributed by atoms with Gasteiger partial charge in [-0.3, -0.25) is 15.1 Å². The molecule has 5 heteroatoms. The van der Waals surface area contributed by atoms with E-state index in [1.165, 1.54) is 0 Å². The fraction of sp³-hybridized carbons (Fsp3) is 0.0952. The summed E-state index contributed by atoms with van der Waals surface area (Å²) in [5.74, 6) is 0. The number of aromatic amines is 2. The summed E-state index contributed by atoms with van der Waals surface area (Å²) in [7, 11) is 0. The molecule has 0 aromatic carbocycles. The van der Waals surface area contributed by atoms with Gasteiger partial charge >= 0.3 is 0 Å². The van der Waals surface area contributed by atoms with Crippen molar-refractivity contribution in [1.29, 1.82) is 0 Å². The van der Waals surface area contributed by atoms with Gasteiger partial charge in [0.15, 0.2) is 0 Å². The van der Waals surface area contributed by atoms with Crippen LogP contribution in [0.2, 0.25) is 0 Å². The fourth-order valence-corrected chi connectivity index (χ4v) is 2.99. The Bertz CT molecular complexity index is 1140. The van der Waals surface area contributed by atoms with E-state index >= 15 is 0 Å². The van der Waals surface area contributed by atoms with E-state index in [-0.39, 0.29) is 0 Å². The Morgan fingerprint density at radius 2 is 2.08 bits per heavy atom. The minimum absolute atomic E-state index is 0.875. The maximum atomic E-state index is 4.58. The number of nitrogens with one attached hydrogen (secondary N) is 2. The Hall–Kier alpha value is -3.47. The third-order valence-electron chi connectivity index (χ3n) is 4.44. The smallest absolute Gasteiger partial charge is 0.116 e. The number of hydrogen-bond donors (Lipinski definition) is 2. The number of allylic oxidation sites excluding steroid dienone is 5. The Morgan fingerprint density at radius 1 is 1.19 bits per heavy atom. The number of nitrogens with zero attached hydrogens (tertiary/aromatic N) is 3. The molecule has 5 nitrogen and oxygen atoms in total. The van der Waals surface area contributed by atoms with E-state index in [2.05, 4.69) is 56.0 Å². The van der Waals surface area contributed by atoms with Gasteiger partial charge in [-0.05, 0) is 37.6 Å². The van der Waals surface area contributed by atoms with Gasteiger partial charge in [0.25, 0.3) is 0 Å². The maximum Gasteiger partial charge on any atom is 0.116 e. The van der Waals surface area contributed by atoms with Crippen molar-refractivity contribution >= 4 is 27.4 Å². The van der Waals surface area contributed by atoms with Crippen LogP contribution >= 0.6 is 0 Å². The monoisotopic (exact) mass is 341 g/mol. The van der Waals surface area contributed by atoms with Crippen LogP contribution in [0, 0.1) is 0 Å². The number of H-pyrrole nitrogens is 2. The van der Waals surface area contributed by atoms with E-state index in [1.54, 1.807) is 6.20 Å². The summed E-state index contributed by atoms with van der Waals surface area (Å²) >= 11 is 0. The number of aromatic nitrogens is 5. The van der Waals surface area contributed by atoms with Crippen LogP contribution in [0.4, 0.5) is 0 Å². The third kappa shape index (κ3) is 2.73. The number of pyridine rings is 2. The van der Waals surface area contributed by atoms with Crippen LogP contribution in [0.15, 0.2) is 67.2 Å². The molecular weight excluding hydrogens is 322 g/mol. The standard InChI is InChI=1S/C21H19N5/c1-4-13(3)8-14(5-2)18-10-16-20(12-23-18)25-26-21(16)19-9-15-11-22-7-6-17(15)24-19/h4-12,24H,1H2,2-3H3,(H,25,26)/b13-8-,14-5+. The van der Waals surface area contributed by atoms with Crippen molar-refractivity contribution < 1.29 is 0 Å². The molecule has 128 valence electrons. The summed E-state index contributed by atoms with van der Waals surface area (Å²) < 4.78 is 0. The molecule has 0 aliphatic rings. The molecule has 4 aromatic rings. The second-order valence-corrected chi connectivity index (χ2v) is 6.17. The first-order chi connectivity index (χ1) is 12.7. The van der Waals surface area contributed by atoms with Crippen molar-refractivity contribution in [1.82, 2.24) is 25.1 Å². The predicted octanol–water partition coefficient (Wildman–Crippen LogP) is 5.04. The zero-order valence-electron chi connectivity index (χ0n) is 14.7. The van der Waals surface area contributed by atoms with E-state index in [0.717, 1.165) is 50.0 Å². The zero-order chi connectivity index (χ0) is 18.1. The van der Waals surface area contributed by atoms with Gasteiger partial charge in [0.05, 0.1) is 23.1 Å². The highest BCUT2D eigenvalue weighted by atomic mass is 15.1. The summed E-state index contributed by atoms with van der Waals surface area (Å²) in [4.78, 5) is 12.2. The van der Waals surface area contributed by atoms with E-state index in [4.69, 9.17) is 0 Å². The Balaban J connectivity index is 1.86. The molecule has 0 aliphatic carbocycles. The minimum atomic E-state index is 0.875. The molecule has 0 amide bonds. The van der Waals surface area contributed by atoms with Gasteiger partial charge in [-0.2, -0.15) is 5.10 Å². The van der Waals surface area contributed by atoms with Gasteiger partial charge in [0, 0.05) is 28.7 Å². The van der Waals surface area contributed by atoms with Crippen LogP contribution in [0.25, 0.3) is 38.8 Å². The van der Waals surface area contributed by atoms with Crippen molar-refractivity contribution in [3.8, 4) is 11.4 Å². The average Bonchev–Trinajstić information content (AvgIpc) is 3.28. The van der Waals surface area contributed by atoms with Gasteiger partial charge < -0.3 is 4.98 Å². The van der Waals surface area contributed by atoms with Crippen LogP contribution in [-0.2, 0) is 0 Å². The van der Waals surface area contributed by atoms with Gasteiger partial charge in [0.2, 0.25) is 0 Å². The lowest BCUT2D eigenvalue weighted by Gasteiger charge is -2.03. The van der Waals surface area contributed by atoms with Gasteiger partial charge in [-0.15, -0.1) is 0 Å². The first-order valence-electron chi connectivity index (χ1n) is 8.44. The van der Waals surface area contributed by atoms with Crippen LogP contribution < -0.4 is 0 Å². The summed E-state index contributed by atoms with van der Waals surface area (Å²) in [6.07, 6.45) is 11.4. The normalized spacial score (nSPS) is 12.8. The van der Waals surface area contributed by atoms with Crippen molar-refractivity contribution in [3.05, 3.63) is 72.9 Å². The van der Waals surface area contributed by atoms with Crippen molar-refractivity contribution in [2.24, 2.45) is 0 Å². The molecule has 0 radical (unpaired) electrons. The van der Waals surface area contributed by atoms with E-state index < -0.39 is 0 Å². The Kier molecular flexibility index (Phi) is 3.97. The highest BCUT2D eigenvalue weighted by molar-refractivity contribution is 5.96. The molecule has 0 aliphatic heterocycles. The Labute approximate surface area is 151 Å². The first kappa shape index (κ1) is 16.0. The molecule has 4 heterocycles. The van der Waals surface area contributed by atoms with Crippen LogP contribution in [0.3, 0.4) is 0 Å². The molecule has 0 saturated carbocycles. The summed E-state index contributed by atoms with van der Waals surface area (Å²) in [6, 6.07) is 6.10. The van der Waals surface area contributed by atoms with Crippen molar-refractivity contribution in [3.63, 3.8) is 0 Å². The molecule has 0 unspecified atom stereocenters. The molecule has 4 aromatic heterocycles. The highest BCUT2D eigenvalue weighted by Crippen LogP contribution is 2.29.